The molecule has 102 valence electrons. The third-order valence-corrected chi connectivity index (χ3v) is 6.84. The first-order valence-corrected chi connectivity index (χ1v) is 7.08. The Hall–Kier alpha value is 0.810. The Kier molecular flexibility index (Phi) is 2.74. The Bertz CT molecular complexity index is 377. The van der Waals surface area contributed by atoms with Gasteiger partial charge in [-0.3, -0.25) is 0 Å². The normalized spacial score (nSPS) is 64.5. The van der Waals surface area contributed by atoms with Gasteiger partial charge in [0.15, 0.2) is 11.6 Å². The van der Waals surface area contributed by atoms with Gasteiger partial charge in [-0.1, -0.05) is 0 Å². The minimum absolute atomic E-state index is 0. The van der Waals surface area contributed by atoms with Crippen LogP contribution in [0.15, 0.2) is 0 Å². The minimum atomic E-state index is -3.79. The number of ether oxygens (including phenoxy) is 3. The fraction of sp³-hybridized carbons (Fsp3) is 1.00. The Morgan fingerprint density at radius 3 is 1.65 bits per heavy atom. The van der Waals surface area contributed by atoms with E-state index in [0.29, 0.717) is 0 Å². The molecule has 0 aromatic rings. The molecule has 0 aromatic heterocycles. The van der Waals surface area contributed by atoms with Crippen LogP contribution >= 0.6 is 7.37 Å². The van der Waals surface area contributed by atoms with Crippen LogP contribution in [0, 0.1) is 0 Å². The maximum Gasteiger partial charge on any atom is 1.00 e. The number of hydrogen-bond acceptors (Lipinski definition) is 5. The molecule has 0 aromatic carbocycles. The zero-order chi connectivity index (χ0) is 12.0. The van der Waals surface area contributed by atoms with Gasteiger partial charge < -0.3 is 23.7 Å². The Morgan fingerprint density at radius 1 is 0.941 bits per heavy atom. The van der Waals surface area contributed by atoms with Crippen LogP contribution in [0.1, 0.15) is 40.5 Å². The van der Waals surface area contributed by atoms with Gasteiger partial charge in [0, 0.05) is 12.8 Å². The van der Waals surface area contributed by atoms with E-state index in [1.54, 1.807) is 27.7 Å². The average molecular weight is 355 g/mol. The molecule has 4 aliphatic heterocycles. The van der Waals surface area contributed by atoms with Crippen molar-refractivity contribution in [1.82, 2.24) is 0 Å². The number of rotatable bonds is 0. The van der Waals surface area contributed by atoms with Gasteiger partial charge in [-0.05, 0) is 27.7 Å². The Balaban J connectivity index is 0.00000108. The van der Waals surface area contributed by atoms with E-state index in [1.807, 2.05) is 0 Å². The molecule has 4 atom stereocenters. The molecule has 0 amide bonds. The molecule has 0 N–H and O–H groups in total. The predicted molar refractivity (Wildman–Crippen MR) is 53.7 cm³/mol. The van der Waals surface area contributed by atoms with Crippen molar-refractivity contribution >= 4 is 7.37 Å². The monoisotopic (exact) mass is 354 g/mol. The molecule has 0 aliphatic carbocycles. The van der Waals surface area contributed by atoms with Crippen molar-refractivity contribution in [2.45, 2.75) is 62.8 Å². The summed E-state index contributed by atoms with van der Waals surface area (Å²) in [7, 11) is -3.79. The van der Waals surface area contributed by atoms with E-state index < -0.39 is 29.6 Å². The SMILES string of the molecule is C[C@@]12C[C@]3(C)O[C@@](C)(C[C@](C)(O1)P3(=O)[O-])O2.[Ag+]. The molecule has 0 radical (unpaired) electrons. The van der Waals surface area contributed by atoms with Gasteiger partial charge in [0.25, 0.3) is 0 Å². The first-order valence-electron chi connectivity index (χ1n) is 5.45. The molecule has 4 heterocycles. The fourth-order valence-electron chi connectivity index (χ4n) is 3.67. The Labute approximate surface area is 116 Å². The summed E-state index contributed by atoms with van der Waals surface area (Å²) >= 11 is 0. The van der Waals surface area contributed by atoms with Crippen molar-refractivity contribution in [2.75, 3.05) is 0 Å². The molecular weight excluding hydrogens is 339 g/mol. The maximum absolute atomic E-state index is 12.4. The molecule has 4 rings (SSSR count). The molecule has 0 spiro atoms. The standard InChI is InChI=1S/C10H17O5P.Ag/c1-7-5-9(3)15-8(2,13-7)6-10(4,14-7)16(9,11)12;/h5-6H2,1-4H3,(H,11,12);/q;+1/p-1/t7-,8-,9+,10+;/m0./s1. The van der Waals surface area contributed by atoms with Crippen molar-refractivity contribution in [1.29, 1.82) is 0 Å². The van der Waals surface area contributed by atoms with Crippen LogP contribution in [0.25, 0.3) is 0 Å². The van der Waals surface area contributed by atoms with E-state index in [2.05, 4.69) is 0 Å². The second kappa shape index (κ2) is 3.28. The molecule has 17 heavy (non-hydrogen) atoms. The van der Waals surface area contributed by atoms with E-state index in [0.717, 1.165) is 0 Å². The largest absolute Gasteiger partial charge is 1.00 e. The fourth-order valence-corrected chi connectivity index (χ4v) is 6.28. The molecule has 4 fully saturated rings. The second-order valence-corrected chi connectivity index (χ2v) is 8.82. The van der Waals surface area contributed by atoms with Gasteiger partial charge in [0.05, 0.1) is 7.37 Å². The molecule has 0 saturated carbocycles. The summed E-state index contributed by atoms with van der Waals surface area (Å²) in [6.07, 6.45) is 0.456. The maximum atomic E-state index is 12.4. The van der Waals surface area contributed by atoms with Gasteiger partial charge in [-0.15, -0.1) is 0 Å². The predicted octanol–water partition coefficient (Wildman–Crippen LogP) is 1.36. The molecule has 0 unspecified atom stereocenters. The van der Waals surface area contributed by atoms with E-state index in [-0.39, 0.29) is 35.2 Å². The van der Waals surface area contributed by atoms with Gasteiger partial charge in [-0.25, -0.2) is 0 Å². The molecule has 4 aliphatic rings. The van der Waals surface area contributed by atoms with Crippen LogP contribution in [0.5, 0.6) is 0 Å². The second-order valence-electron chi connectivity index (χ2n) is 5.83. The van der Waals surface area contributed by atoms with Crippen molar-refractivity contribution in [3.63, 3.8) is 0 Å². The van der Waals surface area contributed by atoms with Crippen molar-refractivity contribution in [3.05, 3.63) is 0 Å². The molecule has 7 heteroatoms. The van der Waals surface area contributed by atoms with E-state index in [9.17, 15) is 9.46 Å². The molecule has 4 bridgehead atoms. The summed E-state index contributed by atoms with van der Waals surface area (Å²) in [4.78, 5) is 12.4. The van der Waals surface area contributed by atoms with Gasteiger partial charge in [0.2, 0.25) is 0 Å². The van der Waals surface area contributed by atoms with Crippen LogP contribution in [0.3, 0.4) is 0 Å². The summed E-state index contributed by atoms with van der Waals surface area (Å²) < 4.78 is 29.5. The summed E-state index contributed by atoms with van der Waals surface area (Å²) in [6.45, 7) is 6.81. The topological polar surface area (TPSA) is 67.8 Å². The third kappa shape index (κ3) is 1.55. The van der Waals surface area contributed by atoms with Crippen LogP contribution in [-0.4, -0.2) is 22.3 Å². The number of hydrogen-bond donors (Lipinski definition) is 0. The summed E-state index contributed by atoms with van der Waals surface area (Å²) in [5.41, 5.74) is 0. The third-order valence-electron chi connectivity index (χ3n) is 3.85. The summed E-state index contributed by atoms with van der Waals surface area (Å²) in [6, 6.07) is 0. The zero-order valence-corrected chi connectivity index (χ0v) is 12.6. The van der Waals surface area contributed by atoms with Crippen LogP contribution in [0.4, 0.5) is 0 Å². The van der Waals surface area contributed by atoms with E-state index >= 15 is 0 Å². The molecule has 4 saturated heterocycles. The summed E-state index contributed by atoms with van der Waals surface area (Å²) in [5, 5.41) is -2.33. The van der Waals surface area contributed by atoms with Gasteiger partial charge in [-0.2, -0.15) is 0 Å². The molecule has 5 nitrogen and oxygen atoms in total. The van der Waals surface area contributed by atoms with Crippen LogP contribution in [-0.2, 0) is 41.2 Å². The zero-order valence-electron chi connectivity index (χ0n) is 10.2. The smallest absolute Gasteiger partial charge is 0.795 e. The van der Waals surface area contributed by atoms with E-state index in [1.165, 1.54) is 0 Å². The average Bonchev–Trinajstić information content (AvgIpc) is 1.93. The van der Waals surface area contributed by atoms with Crippen molar-refractivity contribution in [2.24, 2.45) is 0 Å². The van der Waals surface area contributed by atoms with Crippen molar-refractivity contribution in [3.8, 4) is 0 Å². The van der Waals surface area contributed by atoms with Gasteiger partial charge in [0.1, 0.15) is 10.7 Å². The molecular formula is C10H16AgO5P. The van der Waals surface area contributed by atoms with Gasteiger partial charge >= 0.3 is 22.4 Å². The Morgan fingerprint density at radius 2 is 1.29 bits per heavy atom. The first kappa shape index (κ1) is 14.2. The van der Waals surface area contributed by atoms with Crippen LogP contribution < -0.4 is 4.89 Å². The first-order chi connectivity index (χ1) is 7.04. The quantitative estimate of drug-likeness (QED) is 0.485. The van der Waals surface area contributed by atoms with Crippen LogP contribution in [0.2, 0.25) is 0 Å². The summed E-state index contributed by atoms with van der Waals surface area (Å²) in [5.74, 6) is -1.71. The van der Waals surface area contributed by atoms with E-state index in [4.69, 9.17) is 14.2 Å². The minimum Gasteiger partial charge on any atom is -0.795 e. The van der Waals surface area contributed by atoms with Crippen molar-refractivity contribution < 1.29 is 46.0 Å².